The minimum Gasteiger partial charge on any atom is -0.398 e. The van der Waals surface area contributed by atoms with Gasteiger partial charge in [-0.2, -0.15) is 0 Å². The van der Waals surface area contributed by atoms with E-state index in [9.17, 15) is 0 Å². The van der Waals surface area contributed by atoms with E-state index in [-0.39, 0.29) is 0 Å². The van der Waals surface area contributed by atoms with E-state index in [0.717, 1.165) is 43.3 Å². The van der Waals surface area contributed by atoms with E-state index in [1.807, 2.05) is 13.0 Å². The fraction of sp³-hybridized carbons (Fsp3) is 0.583. The molecule has 1 heterocycles. The number of nitrogens with zero attached hydrogens (tertiary/aromatic N) is 2. The van der Waals surface area contributed by atoms with Crippen LogP contribution in [0, 0.1) is 6.92 Å². The standard InChI is InChI=1S/C12H22N4O/c1-10-9-15-12(8-11(10)13)14-4-5-16(2)6-7-17-3/h8-9H,4-7H2,1-3H3,(H3,13,14,15). The lowest BCUT2D eigenvalue weighted by Crippen LogP contribution is -2.28. The molecule has 0 saturated heterocycles. The van der Waals surface area contributed by atoms with Gasteiger partial charge in [0.25, 0.3) is 0 Å². The molecule has 0 amide bonds. The number of ether oxygens (including phenoxy) is 1. The van der Waals surface area contributed by atoms with Gasteiger partial charge in [-0.3, -0.25) is 0 Å². The molecule has 5 nitrogen and oxygen atoms in total. The summed E-state index contributed by atoms with van der Waals surface area (Å²) in [5.41, 5.74) is 7.59. The Kier molecular flexibility index (Phi) is 5.72. The highest BCUT2D eigenvalue weighted by Gasteiger charge is 2.00. The van der Waals surface area contributed by atoms with Crippen molar-refractivity contribution in [2.75, 3.05) is 51.4 Å². The molecule has 17 heavy (non-hydrogen) atoms. The number of aryl methyl sites for hydroxylation is 1. The molecule has 5 heteroatoms. The predicted octanol–water partition coefficient (Wildman–Crippen LogP) is 0.962. The fourth-order valence-corrected chi connectivity index (χ4v) is 1.37. The van der Waals surface area contributed by atoms with Gasteiger partial charge in [0.15, 0.2) is 0 Å². The predicted molar refractivity (Wildman–Crippen MR) is 71.2 cm³/mol. The Hall–Kier alpha value is -1.33. The van der Waals surface area contributed by atoms with E-state index in [1.165, 1.54) is 0 Å². The summed E-state index contributed by atoms with van der Waals surface area (Å²) >= 11 is 0. The lowest BCUT2D eigenvalue weighted by atomic mass is 10.2. The van der Waals surface area contributed by atoms with Gasteiger partial charge in [-0.05, 0) is 19.5 Å². The van der Waals surface area contributed by atoms with Crippen LogP contribution in [0.5, 0.6) is 0 Å². The summed E-state index contributed by atoms with van der Waals surface area (Å²) in [4.78, 5) is 6.47. The number of aromatic nitrogens is 1. The first kappa shape index (κ1) is 13.7. The van der Waals surface area contributed by atoms with Gasteiger partial charge in [0.05, 0.1) is 6.61 Å². The van der Waals surface area contributed by atoms with Crippen LogP contribution in [-0.4, -0.2) is 50.3 Å². The SMILES string of the molecule is COCCN(C)CCNc1cc(N)c(C)cn1. The molecular formula is C12H22N4O. The minimum absolute atomic E-state index is 0.756. The summed E-state index contributed by atoms with van der Waals surface area (Å²) in [6.07, 6.45) is 1.78. The van der Waals surface area contributed by atoms with Crippen LogP contribution in [0.4, 0.5) is 11.5 Å². The molecule has 0 bridgehead atoms. The zero-order valence-corrected chi connectivity index (χ0v) is 10.9. The maximum atomic E-state index is 5.81. The molecule has 0 aromatic carbocycles. The van der Waals surface area contributed by atoms with E-state index in [2.05, 4.69) is 22.2 Å². The molecule has 0 aliphatic rings. The summed E-state index contributed by atoms with van der Waals surface area (Å²) in [6.45, 7) is 5.42. The molecule has 1 rings (SSSR count). The second-order valence-corrected chi connectivity index (χ2v) is 4.15. The monoisotopic (exact) mass is 238 g/mol. The van der Waals surface area contributed by atoms with Gasteiger partial charge < -0.3 is 20.7 Å². The Morgan fingerprint density at radius 2 is 2.24 bits per heavy atom. The lowest BCUT2D eigenvalue weighted by molar-refractivity contribution is 0.163. The molecule has 0 saturated carbocycles. The fourth-order valence-electron chi connectivity index (χ4n) is 1.37. The largest absolute Gasteiger partial charge is 0.398 e. The third-order valence-corrected chi connectivity index (χ3v) is 2.62. The van der Waals surface area contributed by atoms with Crippen molar-refractivity contribution in [2.45, 2.75) is 6.92 Å². The Morgan fingerprint density at radius 3 is 2.88 bits per heavy atom. The van der Waals surface area contributed by atoms with Crippen LogP contribution in [0.15, 0.2) is 12.3 Å². The van der Waals surface area contributed by atoms with E-state index in [4.69, 9.17) is 10.5 Å². The molecule has 0 unspecified atom stereocenters. The molecular weight excluding hydrogens is 216 g/mol. The van der Waals surface area contributed by atoms with Gasteiger partial charge in [0, 0.05) is 44.7 Å². The number of pyridine rings is 1. The minimum atomic E-state index is 0.756. The van der Waals surface area contributed by atoms with E-state index in [0.29, 0.717) is 0 Å². The van der Waals surface area contributed by atoms with Crippen molar-refractivity contribution >= 4 is 11.5 Å². The number of nitrogen functional groups attached to an aromatic ring is 1. The lowest BCUT2D eigenvalue weighted by Gasteiger charge is -2.16. The molecule has 1 aromatic rings. The Bertz CT molecular complexity index is 343. The maximum Gasteiger partial charge on any atom is 0.128 e. The number of likely N-dealkylation sites (N-methyl/N-ethyl adjacent to an activating group) is 1. The number of nitrogens with two attached hydrogens (primary N) is 1. The van der Waals surface area contributed by atoms with E-state index in [1.54, 1.807) is 13.3 Å². The van der Waals surface area contributed by atoms with Gasteiger partial charge in [-0.25, -0.2) is 4.98 Å². The Balaban J connectivity index is 2.28. The van der Waals surface area contributed by atoms with Crippen molar-refractivity contribution in [3.05, 3.63) is 17.8 Å². The van der Waals surface area contributed by atoms with Crippen molar-refractivity contribution in [2.24, 2.45) is 0 Å². The zero-order chi connectivity index (χ0) is 12.7. The number of hydrogen-bond acceptors (Lipinski definition) is 5. The van der Waals surface area contributed by atoms with Crippen LogP contribution in [-0.2, 0) is 4.74 Å². The highest BCUT2D eigenvalue weighted by Crippen LogP contribution is 2.12. The van der Waals surface area contributed by atoms with Crippen molar-refractivity contribution < 1.29 is 4.74 Å². The van der Waals surface area contributed by atoms with Crippen LogP contribution in [0.2, 0.25) is 0 Å². The molecule has 3 N–H and O–H groups in total. The number of anilines is 2. The quantitative estimate of drug-likeness (QED) is 0.741. The van der Waals surface area contributed by atoms with E-state index < -0.39 is 0 Å². The first-order valence-electron chi connectivity index (χ1n) is 5.77. The zero-order valence-electron chi connectivity index (χ0n) is 10.9. The number of hydrogen-bond donors (Lipinski definition) is 2. The van der Waals surface area contributed by atoms with Crippen molar-refractivity contribution in [3.8, 4) is 0 Å². The molecule has 96 valence electrons. The summed E-state index contributed by atoms with van der Waals surface area (Å²) < 4.78 is 5.02. The summed E-state index contributed by atoms with van der Waals surface area (Å²) in [6, 6.07) is 1.87. The average molecular weight is 238 g/mol. The van der Waals surface area contributed by atoms with Crippen LogP contribution in [0.25, 0.3) is 0 Å². The smallest absolute Gasteiger partial charge is 0.128 e. The van der Waals surface area contributed by atoms with Crippen LogP contribution >= 0.6 is 0 Å². The highest BCUT2D eigenvalue weighted by atomic mass is 16.5. The maximum absolute atomic E-state index is 5.81. The van der Waals surface area contributed by atoms with Gasteiger partial charge in [0.1, 0.15) is 5.82 Å². The first-order chi connectivity index (χ1) is 8.13. The first-order valence-corrected chi connectivity index (χ1v) is 5.77. The summed E-state index contributed by atoms with van der Waals surface area (Å²) in [5, 5.41) is 3.25. The Labute approximate surface area is 103 Å². The molecule has 0 aliphatic heterocycles. The van der Waals surface area contributed by atoms with Gasteiger partial charge in [-0.1, -0.05) is 0 Å². The molecule has 0 spiro atoms. The number of methoxy groups -OCH3 is 1. The summed E-state index contributed by atoms with van der Waals surface area (Å²) in [5.74, 6) is 0.827. The van der Waals surface area contributed by atoms with Crippen LogP contribution in [0.1, 0.15) is 5.56 Å². The second-order valence-electron chi connectivity index (χ2n) is 4.15. The van der Waals surface area contributed by atoms with E-state index >= 15 is 0 Å². The third-order valence-electron chi connectivity index (χ3n) is 2.62. The number of nitrogens with one attached hydrogen (secondary N) is 1. The molecule has 0 atom stereocenters. The van der Waals surface area contributed by atoms with Gasteiger partial charge >= 0.3 is 0 Å². The normalized spacial score (nSPS) is 10.8. The average Bonchev–Trinajstić information content (AvgIpc) is 2.31. The van der Waals surface area contributed by atoms with Gasteiger partial charge in [-0.15, -0.1) is 0 Å². The van der Waals surface area contributed by atoms with Crippen molar-refractivity contribution in [1.82, 2.24) is 9.88 Å². The van der Waals surface area contributed by atoms with Crippen molar-refractivity contribution in [1.29, 1.82) is 0 Å². The third kappa shape index (κ3) is 5.01. The molecule has 0 radical (unpaired) electrons. The topological polar surface area (TPSA) is 63.4 Å². The summed E-state index contributed by atoms with van der Waals surface area (Å²) in [7, 11) is 3.78. The van der Waals surface area contributed by atoms with Gasteiger partial charge in [0.2, 0.25) is 0 Å². The van der Waals surface area contributed by atoms with Crippen molar-refractivity contribution in [3.63, 3.8) is 0 Å². The Morgan fingerprint density at radius 1 is 1.47 bits per heavy atom. The number of rotatable bonds is 7. The van der Waals surface area contributed by atoms with Crippen LogP contribution in [0.3, 0.4) is 0 Å². The molecule has 0 fully saturated rings. The molecule has 1 aromatic heterocycles. The second kappa shape index (κ2) is 7.09. The van der Waals surface area contributed by atoms with Crippen LogP contribution < -0.4 is 11.1 Å². The molecule has 0 aliphatic carbocycles. The highest BCUT2D eigenvalue weighted by molar-refractivity contribution is 5.53.